The number of urea groups is 1. The second-order valence-corrected chi connectivity index (χ2v) is 10.6. The molecule has 1 aliphatic rings. The highest BCUT2D eigenvalue weighted by Crippen LogP contribution is 2.28. The lowest BCUT2D eigenvalue weighted by Crippen LogP contribution is -2.50. The molecule has 2 aromatic carbocycles. The van der Waals surface area contributed by atoms with Crippen molar-refractivity contribution in [2.75, 3.05) is 6.54 Å². The van der Waals surface area contributed by atoms with E-state index in [-0.39, 0.29) is 23.4 Å². The van der Waals surface area contributed by atoms with E-state index in [1.807, 2.05) is 68.5 Å². The summed E-state index contributed by atoms with van der Waals surface area (Å²) in [4.78, 5) is 17.3. The quantitative estimate of drug-likeness (QED) is 0.525. The first-order valence-electron chi connectivity index (χ1n) is 12.3. The summed E-state index contributed by atoms with van der Waals surface area (Å²) in [5.41, 5.74) is 4.90. The fourth-order valence-electron chi connectivity index (χ4n) is 4.52. The summed E-state index contributed by atoms with van der Waals surface area (Å²) in [6.07, 6.45) is 0.836. The highest BCUT2D eigenvalue weighted by atomic mass is 19.1. The van der Waals surface area contributed by atoms with Gasteiger partial charge in [-0.25, -0.2) is 13.9 Å². The number of nitrogens with zero attached hydrogens (tertiary/aromatic N) is 4. The number of halogens is 1. The molecule has 0 saturated carbocycles. The van der Waals surface area contributed by atoms with Gasteiger partial charge in [0.05, 0.1) is 23.6 Å². The number of rotatable bonds is 6. The van der Waals surface area contributed by atoms with E-state index in [1.165, 1.54) is 11.8 Å². The molecule has 0 atom stereocenters. The molecule has 0 spiro atoms. The number of carbonyl (C=O) groups excluding carboxylic acids is 1. The van der Waals surface area contributed by atoms with Crippen LogP contribution in [-0.2, 0) is 26.1 Å². The van der Waals surface area contributed by atoms with Gasteiger partial charge in [-0.2, -0.15) is 5.10 Å². The van der Waals surface area contributed by atoms with Gasteiger partial charge in [-0.1, -0.05) is 30.3 Å². The number of para-hydroxylation sites is 1. The maximum Gasteiger partial charge on any atom is 0.318 e. The smallest absolute Gasteiger partial charge is 0.318 e. The van der Waals surface area contributed by atoms with Crippen LogP contribution in [-0.4, -0.2) is 43.7 Å². The second-order valence-electron chi connectivity index (χ2n) is 10.6. The number of carbonyl (C=O) groups is 1. The van der Waals surface area contributed by atoms with Crippen LogP contribution in [0.5, 0.6) is 0 Å². The number of benzene rings is 2. The third-order valence-electron chi connectivity index (χ3n) is 6.20. The van der Waals surface area contributed by atoms with Gasteiger partial charge in [0, 0.05) is 43.2 Å². The van der Waals surface area contributed by atoms with Crippen molar-refractivity contribution in [1.29, 1.82) is 0 Å². The van der Waals surface area contributed by atoms with Gasteiger partial charge in [0.15, 0.2) is 0 Å². The molecule has 0 fully saturated rings. The Labute approximate surface area is 207 Å². The fraction of sp³-hybridized carbons (Fsp3) is 0.429. The predicted octanol–water partition coefficient (Wildman–Crippen LogP) is 5.29. The number of amides is 2. The molecule has 0 bridgehead atoms. The lowest BCUT2D eigenvalue weighted by molar-refractivity contribution is 0.169. The van der Waals surface area contributed by atoms with E-state index in [1.54, 1.807) is 12.1 Å². The van der Waals surface area contributed by atoms with Crippen molar-refractivity contribution in [3.63, 3.8) is 0 Å². The molecule has 1 aromatic heterocycles. The van der Waals surface area contributed by atoms with Gasteiger partial charge in [-0.3, -0.25) is 4.90 Å². The monoisotopic (exact) mass is 477 g/mol. The summed E-state index contributed by atoms with van der Waals surface area (Å²) in [6.45, 7) is 12.7. The molecule has 0 unspecified atom stereocenters. The van der Waals surface area contributed by atoms with E-state index in [4.69, 9.17) is 5.10 Å². The highest BCUT2D eigenvalue weighted by Gasteiger charge is 2.29. The number of hydrogen-bond acceptors (Lipinski definition) is 3. The Bertz CT molecular complexity index is 1170. The van der Waals surface area contributed by atoms with Crippen LogP contribution >= 0.6 is 0 Å². The molecule has 2 heterocycles. The SMILES string of the molecule is CC(C)N(Cc1nn(-c2ccccc2)c2c1CN(Cc1cccc(F)c1)CC2)C(=O)NC(C)(C)C. The maximum atomic E-state index is 13.8. The molecule has 0 aliphatic carbocycles. The number of nitrogens with one attached hydrogen (secondary N) is 1. The van der Waals surface area contributed by atoms with Gasteiger partial charge in [-0.15, -0.1) is 0 Å². The zero-order valence-corrected chi connectivity index (χ0v) is 21.4. The molecular formula is C28H36FN5O. The van der Waals surface area contributed by atoms with Crippen molar-refractivity contribution in [2.45, 2.75) is 72.3 Å². The Kier molecular flexibility index (Phi) is 7.26. The van der Waals surface area contributed by atoms with E-state index in [0.29, 0.717) is 19.6 Å². The molecule has 1 N–H and O–H groups in total. The van der Waals surface area contributed by atoms with Crippen molar-refractivity contribution in [2.24, 2.45) is 0 Å². The Balaban J connectivity index is 1.66. The first kappa shape index (κ1) is 24.9. The average Bonchev–Trinajstić information content (AvgIpc) is 3.14. The van der Waals surface area contributed by atoms with Gasteiger partial charge in [0.2, 0.25) is 0 Å². The molecule has 4 rings (SSSR count). The Hall–Kier alpha value is -3.19. The molecule has 1 aliphatic heterocycles. The van der Waals surface area contributed by atoms with Crippen LogP contribution in [0.25, 0.3) is 5.69 Å². The summed E-state index contributed by atoms with van der Waals surface area (Å²) < 4.78 is 15.8. The summed E-state index contributed by atoms with van der Waals surface area (Å²) >= 11 is 0. The minimum absolute atomic E-state index is 0.0156. The summed E-state index contributed by atoms with van der Waals surface area (Å²) in [6, 6.07) is 16.9. The van der Waals surface area contributed by atoms with Crippen LogP contribution < -0.4 is 5.32 Å². The second kappa shape index (κ2) is 10.2. The van der Waals surface area contributed by atoms with Crippen LogP contribution in [0.3, 0.4) is 0 Å². The van der Waals surface area contributed by atoms with Crippen molar-refractivity contribution >= 4 is 6.03 Å². The van der Waals surface area contributed by atoms with Crippen LogP contribution in [0.1, 0.15) is 57.1 Å². The van der Waals surface area contributed by atoms with Crippen molar-refractivity contribution in [3.8, 4) is 5.69 Å². The molecule has 7 heteroatoms. The van der Waals surface area contributed by atoms with E-state index >= 15 is 0 Å². The topological polar surface area (TPSA) is 53.4 Å². The summed E-state index contributed by atoms with van der Waals surface area (Å²) in [5, 5.41) is 8.12. The highest BCUT2D eigenvalue weighted by molar-refractivity contribution is 5.75. The standard InChI is InChI=1S/C28H36FN5O/c1-20(2)33(27(35)30-28(3,4)5)19-25-24-18-32(17-21-10-9-11-22(29)16-21)15-14-26(24)34(31-25)23-12-7-6-8-13-23/h6-13,16,20H,14-15,17-19H2,1-5H3,(H,30,35). The lowest BCUT2D eigenvalue weighted by atomic mass is 10.0. The molecule has 35 heavy (non-hydrogen) atoms. The zero-order chi connectivity index (χ0) is 25.2. The van der Waals surface area contributed by atoms with E-state index in [9.17, 15) is 9.18 Å². The van der Waals surface area contributed by atoms with Gasteiger partial charge in [0.1, 0.15) is 5.82 Å². The van der Waals surface area contributed by atoms with E-state index in [2.05, 4.69) is 22.3 Å². The third-order valence-corrected chi connectivity index (χ3v) is 6.20. The van der Waals surface area contributed by atoms with Crippen LogP contribution in [0.4, 0.5) is 9.18 Å². The van der Waals surface area contributed by atoms with Crippen LogP contribution in [0.2, 0.25) is 0 Å². The minimum atomic E-state index is -0.325. The Morgan fingerprint density at radius 1 is 1.14 bits per heavy atom. The van der Waals surface area contributed by atoms with Gasteiger partial charge >= 0.3 is 6.03 Å². The maximum absolute atomic E-state index is 13.8. The molecule has 6 nitrogen and oxygen atoms in total. The fourth-order valence-corrected chi connectivity index (χ4v) is 4.52. The van der Waals surface area contributed by atoms with Crippen molar-refractivity contribution in [3.05, 3.63) is 82.9 Å². The molecule has 3 aromatic rings. The van der Waals surface area contributed by atoms with Crippen LogP contribution in [0, 0.1) is 5.82 Å². The van der Waals surface area contributed by atoms with E-state index in [0.717, 1.165) is 35.5 Å². The average molecular weight is 478 g/mol. The van der Waals surface area contributed by atoms with E-state index < -0.39 is 0 Å². The Morgan fingerprint density at radius 3 is 2.54 bits per heavy atom. The molecule has 0 saturated heterocycles. The number of aromatic nitrogens is 2. The first-order chi connectivity index (χ1) is 16.6. The van der Waals surface area contributed by atoms with Crippen molar-refractivity contribution in [1.82, 2.24) is 24.9 Å². The third kappa shape index (κ3) is 6.09. The lowest BCUT2D eigenvalue weighted by Gasteiger charge is -2.32. The molecular weight excluding hydrogens is 441 g/mol. The van der Waals surface area contributed by atoms with Crippen LogP contribution in [0.15, 0.2) is 54.6 Å². The molecule has 186 valence electrons. The summed E-state index contributed by atoms with van der Waals surface area (Å²) in [7, 11) is 0. The first-order valence-corrected chi connectivity index (χ1v) is 12.3. The number of hydrogen-bond donors (Lipinski definition) is 1. The number of fused-ring (bicyclic) bond motifs is 1. The minimum Gasteiger partial charge on any atom is -0.333 e. The van der Waals surface area contributed by atoms with Gasteiger partial charge in [0.25, 0.3) is 0 Å². The predicted molar refractivity (Wildman–Crippen MR) is 137 cm³/mol. The Morgan fingerprint density at radius 2 is 1.89 bits per heavy atom. The molecule has 2 amide bonds. The summed E-state index contributed by atoms with van der Waals surface area (Å²) in [5.74, 6) is -0.213. The van der Waals surface area contributed by atoms with Gasteiger partial charge < -0.3 is 10.2 Å². The largest absolute Gasteiger partial charge is 0.333 e. The van der Waals surface area contributed by atoms with Crippen molar-refractivity contribution < 1.29 is 9.18 Å². The van der Waals surface area contributed by atoms with Gasteiger partial charge in [-0.05, 0) is 64.4 Å². The normalized spacial score (nSPS) is 14.1. The molecule has 0 radical (unpaired) electrons. The zero-order valence-electron chi connectivity index (χ0n) is 21.4.